The first-order valence-electron chi connectivity index (χ1n) is 3.41. The molecule has 0 heterocycles. The van der Waals surface area contributed by atoms with Gasteiger partial charge < -0.3 is 0 Å². The van der Waals surface area contributed by atoms with Gasteiger partial charge in [-0.05, 0) is 12.1 Å². The number of halogens is 1. The van der Waals surface area contributed by atoms with Crippen molar-refractivity contribution >= 4 is 15.4 Å². The highest BCUT2D eigenvalue weighted by Gasteiger charge is 1.99. The van der Waals surface area contributed by atoms with Crippen LogP contribution in [-0.2, 0) is 9.73 Å². The lowest BCUT2D eigenvalue weighted by molar-refractivity contribution is 0.629. The molecule has 2 nitrogen and oxygen atoms in total. The molecule has 0 spiro atoms. The van der Waals surface area contributed by atoms with Gasteiger partial charge in [-0.2, -0.15) is 4.36 Å². The van der Waals surface area contributed by atoms with E-state index in [4.69, 9.17) is 0 Å². The van der Waals surface area contributed by atoms with E-state index >= 15 is 0 Å². The molecular formula is C8H10FNOS. The lowest BCUT2D eigenvalue weighted by Gasteiger charge is -1.96. The lowest BCUT2D eigenvalue weighted by Crippen LogP contribution is -1.89. The van der Waals surface area contributed by atoms with Gasteiger partial charge in [0.1, 0.15) is 11.5 Å². The molecule has 0 unspecified atom stereocenters. The van der Waals surface area contributed by atoms with Gasteiger partial charge in [0.25, 0.3) is 0 Å². The molecule has 66 valence electrons. The van der Waals surface area contributed by atoms with Crippen LogP contribution in [-0.4, -0.2) is 16.7 Å². The highest BCUT2D eigenvalue weighted by Crippen LogP contribution is 2.17. The molecular weight excluding hydrogens is 177 g/mol. The van der Waals surface area contributed by atoms with Crippen LogP contribution in [0.1, 0.15) is 0 Å². The predicted octanol–water partition coefficient (Wildman–Crippen LogP) is 2.18. The fourth-order valence-electron chi connectivity index (χ4n) is 0.763. The van der Waals surface area contributed by atoms with Crippen molar-refractivity contribution in [2.24, 2.45) is 4.36 Å². The van der Waals surface area contributed by atoms with Crippen molar-refractivity contribution in [3.05, 3.63) is 30.1 Å². The summed E-state index contributed by atoms with van der Waals surface area (Å²) in [4.78, 5) is 0. The van der Waals surface area contributed by atoms with Crippen LogP contribution >= 0.6 is 0 Å². The Morgan fingerprint density at radius 3 is 2.42 bits per heavy atom. The SMILES string of the molecule is CS(C)(=O)=Nc1ccccc1F. The fraction of sp³-hybridized carbons (Fsp3) is 0.250. The molecule has 0 aliphatic carbocycles. The molecule has 1 aromatic carbocycles. The maximum absolute atomic E-state index is 12.9. The molecule has 0 N–H and O–H groups in total. The van der Waals surface area contributed by atoms with E-state index in [0.717, 1.165) is 0 Å². The van der Waals surface area contributed by atoms with Crippen LogP contribution < -0.4 is 0 Å². The summed E-state index contributed by atoms with van der Waals surface area (Å²) < 4.78 is 27.8. The Hall–Kier alpha value is -0.900. The van der Waals surface area contributed by atoms with Crippen molar-refractivity contribution in [3.8, 4) is 0 Å². The van der Waals surface area contributed by atoms with E-state index in [1.165, 1.54) is 24.6 Å². The molecule has 0 radical (unpaired) electrons. The van der Waals surface area contributed by atoms with Crippen molar-refractivity contribution in [2.75, 3.05) is 12.5 Å². The summed E-state index contributed by atoms with van der Waals surface area (Å²) in [5.41, 5.74) is 0.160. The van der Waals surface area contributed by atoms with E-state index in [2.05, 4.69) is 4.36 Å². The zero-order chi connectivity index (χ0) is 9.19. The predicted molar refractivity (Wildman–Crippen MR) is 48.5 cm³/mol. The lowest BCUT2D eigenvalue weighted by atomic mass is 10.3. The first kappa shape index (κ1) is 9.19. The third-order valence-corrected chi connectivity index (χ3v) is 1.81. The van der Waals surface area contributed by atoms with Gasteiger partial charge in [-0.1, -0.05) is 12.1 Å². The Labute approximate surface area is 71.6 Å². The average molecular weight is 187 g/mol. The van der Waals surface area contributed by atoms with E-state index in [1.807, 2.05) is 0 Å². The Morgan fingerprint density at radius 1 is 1.33 bits per heavy atom. The van der Waals surface area contributed by atoms with Crippen LogP contribution in [0.15, 0.2) is 28.6 Å². The van der Waals surface area contributed by atoms with Crippen LogP contribution in [0.4, 0.5) is 10.1 Å². The molecule has 0 saturated carbocycles. The van der Waals surface area contributed by atoms with E-state index in [-0.39, 0.29) is 5.69 Å². The van der Waals surface area contributed by atoms with E-state index in [0.29, 0.717) is 0 Å². The molecule has 0 bridgehead atoms. The first-order chi connectivity index (χ1) is 5.49. The van der Waals surface area contributed by atoms with Gasteiger partial charge in [-0.25, -0.2) is 8.60 Å². The Bertz CT molecular complexity index is 386. The van der Waals surface area contributed by atoms with Gasteiger partial charge in [0, 0.05) is 22.2 Å². The monoisotopic (exact) mass is 187 g/mol. The summed E-state index contributed by atoms with van der Waals surface area (Å²) in [6.07, 6.45) is 2.94. The average Bonchev–Trinajstić information content (AvgIpc) is 1.91. The second kappa shape index (κ2) is 3.23. The quantitative estimate of drug-likeness (QED) is 0.662. The summed E-state index contributed by atoms with van der Waals surface area (Å²) in [5, 5.41) is 0. The molecule has 0 aliphatic rings. The zero-order valence-electron chi connectivity index (χ0n) is 6.95. The standard InChI is InChI=1S/C8H10FNOS/c1-12(2,11)10-8-6-4-3-5-7(8)9/h3-6H,1-2H3. The highest BCUT2D eigenvalue weighted by atomic mass is 32.2. The van der Waals surface area contributed by atoms with Crippen LogP contribution in [0, 0.1) is 5.82 Å². The molecule has 0 aromatic heterocycles. The fourth-order valence-corrected chi connectivity index (χ4v) is 1.38. The summed E-state index contributed by atoms with van der Waals surface area (Å²) in [6.45, 7) is 0. The molecule has 0 aliphatic heterocycles. The largest absolute Gasteiger partial charge is 0.250 e. The molecule has 1 aromatic rings. The number of hydrogen-bond acceptors (Lipinski definition) is 2. The van der Waals surface area contributed by atoms with Gasteiger partial charge in [0.05, 0.1) is 0 Å². The molecule has 0 amide bonds. The highest BCUT2D eigenvalue weighted by molar-refractivity contribution is 7.92. The van der Waals surface area contributed by atoms with Crippen molar-refractivity contribution < 1.29 is 8.60 Å². The number of nitrogens with zero attached hydrogens (tertiary/aromatic N) is 1. The number of benzene rings is 1. The van der Waals surface area contributed by atoms with E-state index in [1.54, 1.807) is 12.1 Å². The van der Waals surface area contributed by atoms with Gasteiger partial charge in [0.15, 0.2) is 0 Å². The molecule has 12 heavy (non-hydrogen) atoms. The third kappa shape index (κ3) is 2.62. The van der Waals surface area contributed by atoms with Crippen LogP contribution in [0.25, 0.3) is 0 Å². The molecule has 0 atom stereocenters. The summed E-state index contributed by atoms with van der Waals surface area (Å²) in [5.74, 6) is -0.436. The van der Waals surface area contributed by atoms with Gasteiger partial charge in [-0.3, -0.25) is 0 Å². The minimum Gasteiger partial charge on any atom is -0.250 e. The Kier molecular flexibility index (Phi) is 2.47. The van der Waals surface area contributed by atoms with Crippen LogP contribution in [0.3, 0.4) is 0 Å². The Balaban J connectivity index is 3.23. The summed E-state index contributed by atoms with van der Waals surface area (Å²) >= 11 is 0. The number of hydrogen-bond donors (Lipinski definition) is 0. The van der Waals surface area contributed by atoms with Gasteiger partial charge in [-0.15, -0.1) is 0 Å². The van der Waals surface area contributed by atoms with Crippen LogP contribution in [0.2, 0.25) is 0 Å². The smallest absolute Gasteiger partial charge is 0.149 e. The molecule has 0 fully saturated rings. The molecule has 1 rings (SSSR count). The zero-order valence-corrected chi connectivity index (χ0v) is 7.77. The van der Waals surface area contributed by atoms with Crippen molar-refractivity contribution in [3.63, 3.8) is 0 Å². The second-order valence-corrected chi connectivity index (χ2v) is 5.27. The maximum atomic E-state index is 12.9. The second-order valence-electron chi connectivity index (χ2n) is 2.72. The van der Waals surface area contributed by atoms with Crippen LogP contribution in [0.5, 0.6) is 0 Å². The van der Waals surface area contributed by atoms with Crippen molar-refractivity contribution in [2.45, 2.75) is 0 Å². The van der Waals surface area contributed by atoms with E-state index < -0.39 is 15.5 Å². The normalized spacial score (nSPS) is 11.2. The van der Waals surface area contributed by atoms with Gasteiger partial charge in [0.2, 0.25) is 0 Å². The summed E-state index contributed by atoms with van der Waals surface area (Å²) in [7, 11) is -2.26. The Morgan fingerprint density at radius 2 is 1.92 bits per heavy atom. The van der Waals surface area contributed by atoms with Gasteiger partial charge >= 0.3 is 0 Å². The topological polar surface area (TPSA) is 29.4 Å². The first-order valence-corrected chi connectivity index (χ1v) is 5.74. The molecule has 0 saturated heterocycles. The maximum Gasteiger partial charge on any atom is 0.149 e. The minimum atomic E-state index is -2.26. The third-order valence-electron chi connectivity index (χ3n) is 1.17. The van der Waals surface area contributed by atoms with Crippen molar-refractivity contribution in [1.82, 2.24) is 0 Å². The summed E-state index contributed by atoms with van der Waals surface area (Å²) in [6, 6.07) is 6.03. The number of rotatable bonds is 1. The molecule has 4 heteroatoms. The van der Waals surface area contributed by atoms with Crippen molar-refractivity contribution in [1.29, 1.82) is 0 Å². The van der Waals surface area contributed by atoms with E-state index in [9.17, 15) is 8.60 Å². The minimum absolute atomic E-state index is 0.160.